The van der Waals surface area contributed by atoms with Crippen molar-refractivity contribution in [2.75, 3.05) is 19.3 Å². The lowest BCUT2D eigenvalue weighted by molar-refractivity contribution is 0.602. The largest absolute Gasteiger partial charge is 0.357 e. The van der Waals surface area contributed by atoms with Gasteiger partial charge in [0.25, 0.3) is 0 Å². The first-order chi connectivity index (χ1) is 15.0. The Bertz CT molecular complexity index is 1090. The third-order valence-electron chi connectivity index (χ3n) is 4.78. The van der Waals surface area contributed by atoms with Crippen LogP contribution in [0.5, 0.6) is 0 Å². The van der Waals surface area contributed by atoms with Crippen molar-refractivity contribution in [3.8, 4) is 0 Å². The van der Waals surface area contributed by atoms with E-state index in [0.29, 0.717) is 18.0 Å². The SMILES string of the molecule is CCNC(=NCc1nccn1Cc1ccccc1)NCCc1ccc(S(C)(=O)=O)cc1. The van der Waals surface area contributed by atoms with E-state index in [1.807, 2.05) is 43.5 Å². The minimum Gasteiger partial charge on any atom is -0.357 e. The average molecular weight is 440 g/mol. The summed E-state index contributed by atoms with van der Waals surface area (Å²) >= 11 is 0. The van der Waals surface area contributed by atoms with Crippen LogP contribution in [-0.4, -0.2) is 43.3 Å². The average Bonchev–Trinajstić information content (AvgIpc) is 3.19. The van der Waals surface area contributed by atoms with Gasteiger partial charge < -0.3 is 15.2 Å². The molecule has 0 fully saturated rings. The molecule has 0 saturated carbocycles. The van der Waals surface area contributed by atoms with Crippen LogP contribution < -0.4 is 10.6 Å². The van der Waals surface area contributed by atoms with Crippen molar-refractivity contribution in [3.63, 3.8) is 0 Å². The zero-order valence-electron chi connectivity index (χ0n) is 18.0. The lowest BCUT2D eigenvalue weighted by atomic mass is 10.1. The molecule has 0 bridgehead atoms. The summed E-state index contributed by atoms with van der Waals surface area (Å²) in [5.74, 6) is 1.63. The summed E-state index contributed by atoms with van der Waals surface area (Å²) in [7, 11) is -3.17. The fourth-order valence-electron chi connectivity index (χ4n) is 3.14. The van der Waals surface area contributed by atoms with Crippen molar-refractivity contribution in [1.82, 2.24) is 20.2 Å². The highest BCUT2D eigenvalue weighted by atomic mass is 32.2. The normalized spacial score (nSPS) is 12.0. The van der Waals surface area contributed by atoms with Crippen LogP contribution in [0, 0.1) is 0 Å². The summed E-state index contributed by atoms with van der Waals surface area (Å²) in [6.45, 7) is 4.70. The molecule has 2 N–H and O–H groups in total. The molecular weight excluding hydrogens is 410 g/mol. The van der Waals surface area contributed by atoms with Crippen LogP contribution in [0.4, 0.5) is 0 Å². The van der Waals surface area contributed by atoms with E-state index >= 15 is 0 Å². The Kier molecular flexibility index (Phi) is 7.83. The Morgan fingerprint density at radius 3 is 2.45 bits per heavy atom. The van der Waals surface area contributed by atoms with Crippen LogP contribution in [0.2, 0.25) is 0 Å². The van der Waals surface area contributed by atoms with E-state index in [-0.39, 0.29) is 0 Å². The molecule has 8 heteroatoms. The molecule has 0 atom stereocenters. The highest BCUT2D eigenvalue weighted by molar-refractivity contribution is 7.90. The van der Waals surface area contributed by atoms with Gasteiger partial charge in [-0.25, -0.2) is 18.4 Å². The third kappa shape index (κ3) is 6.96. The molecule has 1 aromatic heterocycles. The molecule has 0 aliphatic carbocycles. The van der Waals surface area contributed by atoms with E-state index in [4.69, 9.17) is 0 Å². The van der Waals surface area contributed by atoms with Crippen molar-refractivity contribution < 1.29 is 8.42 Å². The lowest BCUT2D eigenvalue weighted by Gasteiger charge is -2.12. The summed E-state index contributed by atoms with van der Waals surface area (Å²) in [5, 5.41) is 6.58. The molecule has 7 nitrogen and oxygen atoms in total. The van der Waals surface area contributed by atoms with Gasteiger partial charge in [0.1, 0.15) is 12.4 Å². The summed E-state index contributed by atoms with van der Waals surface area (Å²) in [6, 6.07) is 17.3. The molecule has 0 unspecified atom stereocenters. The predicted molar refractivity (Wildman–Crippen MR) is 124 cm³/mol. The van der Waals surface area contributed by atoms with Crippen molar-refractivity contribution >= 4 is 15.8 Å². The van der Waals surface area contributed by atoms with Crippen molar-refractivity contribution in [2.24, 2.45) is 4.99 Å². The minimum atomic E-state index is -3.17. The number of hydrogen-bond donors (Lipinski definition) is 2. The number of benzene rings is 2. The van der Waals surface area contributed by atoms with E-state index in [9.17, 15) is 8.42 Å². The first kappa shape index (κ1) is 22.6. The molecule has 0 amide bonds. The van der Waals surface area contributed by atoms with Crippen LogP contribution in [-0.2, 0) is 29.3 Å². The van der Waals surface area contributed by atoms with E-state index < -0.39 is 9.84 Å². The second-order valence-electron chi connectivity index (χ2n) is 7.25. The van der Waals surface area contributed by atoms with E-state index in [1.54, 1.807) is 18.3 Å². The molecule has 0 radical (unpaired) electrons. The van der Waals surface area contributed by atoms with Crippen LogP contribution in [0.25, 0.3) is 0 Å². The van der Waals surface area contributed by atoms with Gasteiger partial charge in [-0.15, -0.1) is 0 Å². The Balaban J connectivity index is 1.57. The van der Waals surface area contributed by atoms with E-state index in [1.165, 1.54) is 11.8 Å². The summed E-state index contributed by atoms with van der Waals surface area (Å²) in [5.41, 5.74) is 2.28. The molecular formula is C23H29N5O2S. The van der Waals surface area contributed by atoms with Gasteiger partial charge in [-0.1, -0.05) is 42.5 Å². The van der Waals surface area contributed by atoms with E-state index in [0.717, 1.165) is 36.9 Å². The van der Waals surface area contributed by atoms with Crippen molar-refractivity contribution in [3.05, 3.63) is 83.9 Å². The summed E-state index contributed by atoms with van der Waals surface area (Å²) in [4.78, 5) is 9.46. The predicted octanol–water partition coefficient (Wildman–Crippen LogP) is 2.63. The quantitative estimate of drug-likeness (QED) is 0.395. The van der Waals surface area contributed by atoms with Crippen LogP contribution >= 0.6 is 0 Å². The molecule has 0 saturated heterocycles. The number of rotatable bonds is 9. The molecule has 31 heavy (non-hydrogen) atoms. The second-order valence-corrected chi connectivity index (χ2v) is 9.26. The highest BCUT2D eigenvalue weighted by Gasteiger charge is 2.07. The Labute approximate surface area is 184 Å². The van der Waals surface area contributed by atoms with Gasteiger partial charge in [0.05, 0.1) is 4.90 Å². The highest BCUT2D eigenvalue weighted by Crippen LogP contribution is 2.10. The molecule has 1 heterocycles. The number of nitrogens with zero attached hydrogens (tertiary/aromatic N) is 3. The topological polar surface area (TPSA) is 88.4 Å². The maximum Gasteiger partial charge on any atom is 0.191 e. The van der Waals surface area contributed by atoms with E-state index in [2.05, 4.69) is 37.3 Å². The first-order valence-electron chi connectivity index (χ1n) is 10.3. The van der Waals surface area contributed by atoms with Gasteiger partial charge in [0, 0.05) is 38.3 Å². The van der Waals surface area contributed by atoms with Gasteiger partial charge >= 0.3 is 0 Å². The number of sulfone groups is 1. The van der Waals surface area contributed by atoms with Crippen LogP contribution in [0.15, 0.2) is 76.9 Å². The smallest absolute Gasteiger partial charge is 0.191 e. The van der Waals surface area contributed by atoms with Gasteiger partial charge in [-0.2, -0.15) is 0 Å². The maximum absolute atomic E-state index is 11.6. The van der Waals surface area contributed by atoms with Gasteiger partial charge in [0.15, 0.2) is 15.8 Å². The number of nitrogens with one attached hydrogen (secondary N) is 2. The van der Waals surface area contributed by atoms with Gasteiger partial charge in [0.2, 0.25) is 0 Å². The zero-order valence-corrected chi connectivity index (χ0v) is 18.8. The minimum absolute atomic E-state index is 0.338. The Morgan fingerprint density at radius 1 is 1.03 bits per heavy atom. The third-order valence-corrected chi connectivity index (χ3v) is 5.91. The zero-order chi connectivity index (χ0) is 22.1. The van der Waals surface area contributed by atoms with Crippen molar-refractivity contribution in [1.29, 1.82) is 0 Å². The standard InChI is InChI=1S/C23H29N5O2S/c1-3-24-23(26-14-13-19-9-11-21(12-10-19)31(2,29)30)27-17-22-25-15-16-28(22)18-20-7-5-4-6-8-20/h4-12,15-16H,3,13-14,17-18H2,1-2H3,(H2,24,26,27). The molecule has 164 valence electrons. The number of aromatic nitrogens is 2. The Hall–Kier alpha value is -3.13. The van der Waals surface area contributed by atoms with Gasteiger partial charge in [-0.3, -0.25) is 0 Å². The second kappa shape index (κ2) is 10.8. The number of imidazole rings is 1. The number of hydrogen-bond acceptors (Lipinski definition) is 4. The first-order valence-corrected chi connectivity index (χ1v) is 12.2. The summed E-state index contributed by atoms with van der Waals surface area (Å²) < 4.78 is 25.2. The maximum atomic E-state index is 11.6. The molecule has 0 aliphatic rings. The van der Waals surface area contributed by atoms with Crippen LogP contribution in [0.3, 0.4) is 0 Å². The monoisotopic (exact) mass is 439 g/mol. The molecule has 0 spiro atoms. The summed E-state index contributed by atoms with van der Waals surface area (Å²) in [6.07, 6.45) is 5.75. The molecule has 3 aromatic rings. The number of aliphatic imine (C=N–C) groups is 1. The molecule has 2 aromatic carbocycles. The van der Waals surface area contributed by atoms with Crippen LogP contribution in [0.1, 0.15) is 23.9 Å². The Morgan fingerprint density at radius 2 is 1.77 bits per heavy atom. The fraction of sp³-hybridized carbons (Fsp3) is 0.304. The molecule has 0 aliphatic heterocycles. The fourth-order valence-corrected chi connectivity index (χ4v) is 3.77. The number of guanidine groups is 1. The molecule has 3 rings (SSSR count). The van der Waals surface area contributed by atoms with Crippen molar-refractivity contribution in [2.45, 2.75) is 31.3 Å². The lowest BCUT2D eigenvalue weighted by Crippen LogP contribution is -2.38. The van der Waals surface area contributed by atoms with Gasteiger partial charge in [-0.05, 0) is 36.6 Å².